The lowest BCUT2D eigenvalue weighted by molar-refractivity contribution is -0.116. The first-order valence-corrected chi connectivity index (χ1v) is 7.44. The number of rotatable bonds is 5. The van der Waals surface area contributed by atoms with Gasteiger partial charge in [0.1, 0.15) is 5.75 Å². The van der Waals surface area contributed by atoms with Crippen LogP contribution in [0.4, 0.5) is 5.69 Å². The van der Waals surface area contributed by atoms with E-state index in [0.29, 0.717) is 22.9 Å². The third kappa shape index (κ3) is 3.80. The zero-order valence-electron chi connectivity index (χ0n) is 13.2. The van der Waals surface area contributed by atoms with Crippen LogP contribution in [0, 0.1) is 13.8 Å². The summed E-state index contributed by atoms with van der Waals surface area (Å²) in [6, 6.07) is 7.14. The van der Waals surface area contributed by atoms with Crippen LogP contribution in [-0.2, 0) is 4.79 Å². The number of benzene rings is 1. The molecular weight excluding hydrogens is 302 g/mol. The second kappa shape index (κ2) is 6.83. The summed E-state index contributed by atoms with van der Waals surface area (Å²) in [5, 5.41) is 7.71. The van der Waals surface area contributed by atoms with Crippen LogP contribution in [0.2, 0.25) is 5.02 Å². The van der Waals surface area contributed by atoms with Gasteiger partial charge in [-0.05, 0) is 45.0 Å². The number of nitrogens with one attached hydrogen (secondary N) is 1. The molecular formula is C16H20ClN3O2. The zero-order valence-corrected chi connectivity index (χ0v) is 13.9. The standard InChI is InChI=1S/C16H20ClN3O2/c1-10-7-11(2)20(19-10)12(3)8-16(21)18-13-5-6-15(22-4)14(17)9-13/h5-7,9,12H,8H2,1-4H3,(H,18,21)/t12-/m1/s1. The van der Waals surface area contributed by atoms with Crippen molar-refractivity contribution in [2.75, 3.05) is 12.4 Å². The molecule has 0 aliphatic rings. The molecule has 0 unspecified atom stereocenters. The first-order valence-electron chi connectivity index (χ1n) is 7.07. The highest BCUT2D eigenvalue weighted by Crippen LogP contribution is 2.27. The molecule has 1 aromatic heterocycles. The molecule has 1 atom stereocenters. The van der Waals surface area contributed by atoms with Crippen molar-refractivity contribution in [1.82, 2.24) is 9.78 Å². The van der Waals surface area contributed by atoms with E-state index in [0.717, 1.165) is 11.4 Å². The summed E-state index contributed by atoms with van der Waals surface area (Å²) >= 11 is 6.05. The number of amides is 1. The lowest BCUT2D eigenvalue weighted by atomic mass is 10.2. The van der Waals surface area contributed by atoms with E-state index >= 15 is 0 Å². The molecule has 5 nitrogen and oxygen atoms in total. The Hall–Kier alpha value is -2.01. The van der Waals surface area contributed by atoms with Crippen LogP contribution in [0.5, 0.6) is 5.75 Å². The molecule has 6 heteroatoms. The Morgan fingerprint density at radius 2 is 2.14 bits per heavy atom. The molecule has 0 fully saturated rings. The number of nitrogens with zero attached hydrogens (tertiary/aromatic N) is 2. The van der Waals surface area contributed by atoms with Gasteiger partial charge in [-0.2, -0.15) is 5.10 Å². The molecule has 2 rings (SSSR count). The molecule has 2 aromatic rings. The second-order valence-corrected chi connectivity index (χ2v) is 5.73. The lowest BCUT2D eigenvalue weighted by Crippen LogP contribution is -2.19. The van der Waals surface area contributed by atoms with Gasteiger partial charge in [-0.3, -0.25) is 9.48 Å². The molecule has 0 aliphatic carbocycles. The number of carbonyl (C=O) groups excluding carboxylic acids is 1. The summed E-state index contributed by atoms with van der Waals surface area (Å²) in [4.78, 5) is 12.2. The highest BCUT2D eigenvalue weighted by Gasteiger charge is 2.14. The number of ether oxygens (including phenoxy) is 1. The van der Waals surface area contributed by atoms with Gasteiger partial charge in [0.2, 0.25) is 5.91 Å². The summed E-state index contributed by atoms with van der Waals surface area (Å²) in [5.41, 5.74) is 2.65. The van der Waals surface area contributed by atoms with Crippen LogP contribution >= 0.6 is 11.6 Å². The van der Waals surface area contributed by atoms with Crippen molar-refractivity contribution >= 4 is 23.2 Å². The summed E-state index contributed by atoms with van der Waals surface area (Å²) in [6.07, 6.45) is 0.339. The van der Waals surface area contributed by atoms with E-state index in [-0.39, 0.29) is 11.9 Å². The Morgan fingerprint density at radius 3 is 2.68 bits per heavy atom. The van der Waals surface area contributed by atoms with Gasteiger partial charge in [0.15, 0.2) is 0 Å². The molecule has 0 radical (unpaired) electrons. The van der Waals surface area contributed by atoms with Gasteiger partial charge in [0, 0.05) is 17.8 Å². The molecule has 0 saturated heterocycles. The molecule has 1 N–H and O–H groups in total. The maximum absolute atomic E-state index is 12.2. The number of aromatic nitrogens is 2. The number of methoxy groups -OCH3 is 1. The average molecular weight is 322 g/mol. The highest BCUT2D eigenvalue weighted by molar-refractivity contribution is 6.32. The van der Waals surface area contributed by atoms with E-state index in [9.17, 15) is 4.79 Å². The van der Waals surface area contributed by atoms with Gasteiger partial charge < -0.3 is 10.1 Å². The summed E-state index contributed by atoms with van der Waals surface area (Å²) in [7, 11) is 1.55. The highest BCUT2D eigenvalue weighted by atomic mass is 35.5. The Morgan fingerprint density at radius 1 is 1.41 bits per heavy atom. The third-order valence-electron chi connectivity index (χ3n) is 3.38. The molecule has 1 amide bonds. The maximum atomic E-state index is 12.2. The largest absolute Gasteiger partial charge is 0.495 e. The van der Waals surface area contributed by atoms with Crippen LogP contribution in [0.3, 0.4) is 0 Å². The van der Waals surface area contributed by atoms with Gasteiger partial charge in [-0.1, -0.05) is 11.6 Å². The molecule has 0 spiro atoms. The number of carbonyl (C=O) groups is 1. The van der Waals surface area contributed by atoms with E-state index in [4.69, 9.17) is 16.3 Å². The third-order valence-corrected chi connectivity index (χ3v) is 3.67. The summed E-state index contributed by atoms with van der Waals surface area (Å²) in [5.74, 6) is 0.497. The smallest absolute Gasteiger partial charge is 0.226 e. The number of hydrogen-bond donors (Lipinski definition) is 1. The fraction of sp³-hybridized carbons (Fsp3) is 0.375. The first kappa shape index (κ1) is 16.4. The number of aryl methyl sites for hydroxylation is 2. The summed E-state index contributed by atoms with van der Waals surface area (Å²) < 4.78 is 6.96. The fourth-order valence-electron chi connectivity index (χ4n) is 2.40. The Kier molecular flexibility index (Phi) is 5.08. The van der Waals surface area contributed by atoms with Crippen LogP contribution in [0.15, 0.2) is 24.3 Å². The minimum absolute atomic E-state index is 0.0116. The Labute approximate surface area is 135 Å². The zero-order chi connectivity index (χ0) is 16.3. The van der Waals surface area contributed by atoms with Gasteiger partial charge in [0.25, 0.3) is 0 Å². The first-order chi connectivity index (χ1) is 10.4. The van der Waals surface area contributed by atoms with Crippen molar-refractivity contribution in [2.45, 2.75) is 33.2 Å². The van der Waals surface area contributed by atoms with Crippen molar-refractivity contribution in [1.29, 1.82) is 0 Å². The maximum Gasteiger partial charge on any atom is 0.226 e. The van der Waals surface area contributed by atoms with E-state index < -0.39 is 0 Å². The van der Waals surface area contributed by atoms with Gasteiger partial charge in [-0.25, -0.2) is 0 Å². The van der Waals surface area contributed by atoms with Crippen molar-refractivity contribution in [3.05, 3.63) is 40.7 Å². The average Bonchev–Trinajstić information content (AvgIpc) is 2.78. The number of anilines is 1. The molecule has 0 bridgehead atoms. The van der Waals surface area contributed by atoms with Crippen molar-refractivity contribution < 1.29 is 9.53 Å². The quantitative estimate of drug-likeness (QED) is 0.912. The van der Waals surface area contributed by atoms with Gasteiger partial charge in [0.05, 0.1) is 23.9 Å². The Balaban J connectivity index is 2.01. The van der Waals surface area contributed by atoms with E-state index in [1.165, 1.54) is 0 Å². The van der Waals surface area contributed by atoms with Crippen molar-refractivity contribution in [3.8, 4) is 5.75 Å². The SMILES string of the molecule is COc1ccc(NC(=O)C[C@@H](C)n2nc(C)cc2C)cc1Cl. The van der Waals surface area contributed by atoms with Crippen LogP contribution in [0.25, 0.3) is 0 Å². The van der Waals surface area contributed by atoms with E-state index in [1.54, 1.807) is 25.3 Å². The van der Waals surface area contributed by atoms with Crippen molar-refractivity contribution in [3.63, 3.8) is 0 Å². The predicted octanol–water partition coefficient (Wildman–Crippen LogP) is 3.75. The van der Waals surface area contributed by atoms with Crippen LogP contribution in [0.1, 0.15) is 30.8 Å². The second-order valence-electron chi connectivity index (χ2n) is 5.32. The predicted molar refractivity (Wildman–Crippen MR) is 87.7 cm³/mol. The normalized spacial score (nSPS) is 12.0. The summed E-state index contributed by atoms with van der Waals surface area (Å²) in [6.45, 7) is 5.90. The molecule has 0 saturated carbocycles. The Bertz CT molecular complexity index is 682. The molecule has 0 aliphatic heterocycles. The lowest BCUT2D eigenvalue weighted by Gasteiger charge is -2.14. The molecule has 22 heavy (non-hydrogen) atoms. The topological polar surface area (TPSA) is 56.1 Å². The fourth-order valence-corrected chi connectivity index (χ4v) is 2.66. The number of hydrogen-bond acceptors (Lipinski definition) is 3. The van der Waals surface area contributed by atoms with Crippen LogP contribution in [-0.4, -0.2) is 22.8 Å². The number of halogens is 1. The van der Waals surface area contributed by atoms with Gasteiger partial charge >= 0.3 is 0 Å². The van der Waals surface area contributed by atoms with Crippen molar-refractivity contribution in [2.24, 2.45) is 0 Å². The minimum Gasteiger partial charge on any atom is -0.495 e. The van der Waals surface area contributed by atoms with Crippen LogP contribution < -0.4 is 10.1 Å². The molecule has 1 aromatic carbocycles. The van der Waals surface area contributed by atoms with E-state index in [2.05, 4.69) is 10.4 Å². The minimum atomic E-state index is -0.0821. The molecule has 1 heterocycles. The van der Waals surface area contributed by atoms with Gasteiger partial charge in [-0.15, -0.1) is 0 Å². The molecule has 118 valence electrons. The van der Waals surface area contributed by atoms with E-state index in [1.807, 2.05) is 31.5 Å². The monoisotopic (exact) mass is 321 g/mol.